The third-order valence-corrected chi connectivity index (χ3v) is 4.01. The van der Waals surface area contributed by atoms with E-state index in [4.69, 9.17) is 10.8 Å². The Hall–Kier alpha value is -1.41. The molecule has 6 atom stereocenters. The highest BCUT2D eigenvalue weighted by Gasteiger charge is 2.76. The molecule has 2 aliphatic carbocycles. The van der Waals surface area contributed by atoms with Crippen molar-refractivity contribution in [2.24, 2.45) is 23.5 Å². The largest absolute Gasteiger partial charge is 0.481 e. The van der Waals surface area contributed by atoms with Crippen molar-refractivity contribution >= 4 is 30.3 Å². The summed E-state index contributed by atoms with van der Waals surface area (Å²) in [6.07, 6.45) is -1.96. The molecule has 0 heterocycles. The molecule has 0 bridgehead atoms. The van der Waals surface area contributed by atoms with Crippen LogP contribution >= 0.6 is 12.4 Å². The van der Waals surface area contributed by atoms with E-state index in [0.29, 0.717) is 0 Å². The number of carboxylic acids is 2. The molecule has 9 heteroatoms. The highest BCUT2D eigenvalue weighted by atomic mass is 35.5. The van der Waals surface area contributed by atoms with Crippen LogP contribution in [0.1, 0.15) is 13.3 Å². The molecule has 2 saturated carbocycles. The van der Waals surface area contributed by atoms with Gasteiger partial charge < -0.3 is 21.3 Å². The zero-order valence-corrected chi connectivity index (χ0v) is 11.4. The number of hydrogen-bond donors (Lipinski definition) is 4. The fourth-order valence-electron chi connectivity index (χ4n) is 3.07. The van der Waals surface area contributed by atoms with E-state index in [1.807, 2.05) is 0 Å². The molecule has 0 radical (unpaired) electrons. The Bertz CT molecular complexity index is 460. The SMILES string of the molecule is C[C@H](N)C(=O)N[C@@]1(C(=O)O)C[C@@H](F)[C@H]2[C@H](C(=O)O)[C@H]21.Cl. The molecule has 0 spiro atoms. The first-order valence-corrected chi connectivity index (χ1v) is 5.90. The molecule has 2 rings (SSSR count). The molecule has 0 aromatic heterocycles. The molecule has 5 N–H and O–H groups in total. The highest BCUT2D eigenvalue weighted by molar-refractivity contribution is 5.92. The number of amides is 1. The fraction of sp³-hybridized carbons (Fsp3) is 0.727. The maximum Gasteiger partial charge on any atom is 0.329 e. The number of alkyl halides is 1. The van der Waals surface area contributed by atoms with Crippen molar-refractivity contribution in [2.45, 2.75) is 31.1 Å². The first-order valence-electron chi connectivity index (χ1n) is 5.90. The number of carboxylic acid groups (broad SMARTS) is 2. The fourth-order valence-corrected chi connectivity index (χ4v) is 3.07. The van der Waals surface area contributed by atoms with Crippen LogP contribution in [0.2, 0.25) is 0 Å². The van der Waals surface area contributed by atoms with E-state index in [1.165, 1.54) is 6.92 Å². The van der Waals surface area contributed by atoms with Crippen molar-refractivity contribution in [3.8, 4) is 0 Å². The van der Waals surface area contributed by atoms with Crippen LogP contribution < -0.4 is 11.1 Å². The van der Waals surface area contributed by atoms with E-state index < -0.39 is 59.8 Å². The van der Waals surface area contributed by atoms with Gasteiger partial charge in [-0.15, -0.1) is 12.4 Å². The molecule has 0 unspecified atom stereocenters. The van der Waals surface area contributed by atoms with Crippen LogP contribution in [0.4, 0.5) is 4.39 Å². The molecular formula is C11H16ClFN2O5. The second-order valence-electron chi connectivity index (χ2n) is 5.24. The summed E-state index contributed by atoms with van der Waals surface area (Å²) >= 11 is 0. The lowest BCUT2D eigenvalue weighted by atomic mass is 9.89. The van der Waals surface area contributed by atoms with Gasteiger partial charge in [0.1, 0.15) is 11.7 Å². The lowest BCUT2D eigenvalue weighted by molar-refractivity contribution is -0.150. The molecule has 114 valence electrons. The second kappa shape index (κ2) is 5.17. The number of rotatable bonds is 4. The molecule has 0 aliphatic heterocycles. The summed E-state index contributed by atoms with van der Waals surface area (Å²) in [4.78, 5) is 34.0. The number of fused-ring (bicyclic) bond motifs is 1. The van der Waals surface area contributed by atoms with Crippen molar-refractivity contribution in [1.82, 2.24) is 5.32 Å². The van der Waals surface area contributed by atoms with Crippen LogP contribution in [-0.2, 0) is 14.4 Å². The van der Waals surface area contributed by atoms with Crippen LogP contribution in [0.5, 0.6) is 0 Å². The molecule has 20 heavy (non-hydrogen) atoms. The number of carbonyl (C=O) groups excluding carboxylic acids is 1. The van der Waals surface area contributed by atoms with Crippen molar-refractivity contribution in [3.63, 3.8) is 0 Å². The Labute approximate surface area is 120 Å². The van der Waals surface area contributed by atoms with E-state index in [-0.39, 0.29) is 12.4 Å². The van der Waals surface area contributed by atoms with Crippen LogP contribution in [0.3, 0.4) is 0 Å². The molecule has 2 aliphatic rings. The van der Waals surface area contributed by atoms with Gasteiger partial charge in [-0.3, -0.25) is 9.59 Å². The first-order chi connectivity index (χ1) is 8.72. The van der Waals surface area contributed by atoms with E-state index in [1.54, 1.807) is 0 Å². The number of aliphatic carboxylic acids is 2. The first kappa shape index (κ1) is 16.6. The molecule has 0 aromatic rings. The lowest BCUT2D eigenvalue weighted by Gasteiger charge is -2.29. The van der Waals surface area contributed by atoms with E-state index in [9.17, 15) is 23.9 Å². The summed E-state index contributed by atoms with van der Waals surface area (Å²) < 4.78 is 13.8. The Morgan fingerprint density at radius 3 is 2.30 bits per heavy atom. The summed E-state index contributed by atoms with van der Waals surface area (Å²) in [7, 11) is 0. The predicted molar refractivity (Wildman–Crippen MR) is 67.0 cm³/mol. The van der Waals surface area contributed by atoms with Gasteiger partial charge in [-0.2, -0.15) is 0 Å². The molecule has 7 nitrogen and oxygen atoms in total. The summed E-state index contributed by atoms with van der Waals surface area (Å²) in [5.74, 6) is -6.21. The monoisotopic (exact) mass is 310 g/mol. The maximum atomic E-state index is 13.8. The van der Waals surface area contributed by atoms with Crippen molar-refractivity contribution in [3.05, 3.63) is 0 Å². The molecule has 0 saturated heterocycles. The van der Waals surface area contributed by atoms with Crippen LogP contribution in [-0.4, -0.2) is 45.8 Å². The molecule has 1 amide bonds. The van der Waals surface area contributed by atoms with Crippen molar-refractivity contribution in [1.29, 1.82) is 0 Å². The van der Waals surface area contributed by atoms with Crippen LogP contribution in [0.25, 0.3) is 0 Å². The van der Waals surface area contributed by atoms with Crippen molar-refractivity contribution in [2.75, 3.05) is 0 Å². The minimum Gasteiger partial charge on any atom is -0.481 e. The standard InChI is InChI=1S/C11H15FN2O5.ClH/c1-3(13)8(15)14-11(10(18)19)2-4(12)5-6(7(5)11)9(16)17;/h3-7H,2,13H2,1H3,(H,14,15)(H,16,17)(H,18,19);1H/t3-,4+,5-,6-,7-,11-;/m0./s1. The topological polar surface area (TPSA) is 130 Å². The third-order valence-electron chi connectivity index (χ3n) is 4.01. The van der Waals surface area contributed by atoms with Gasteiger partial charge in [0.15, 0.2) is 0 Å². The number of nitrogens with one attached hydrogen (secondary N) is 1. The Balaban J connectivity index is 0.00000200. The molecule has 0 aromatic carbocycles. The minimum absolute atomic E-state index is 0. The summed E-state index contributed by atoms with van der Waals surface area (Å²) in [6, 6.07) is -0.949. The number of carbonyl (C=O) groups is 3. The zero-order valence-electron chi connectivity index (χ0n) is 10.6. The zero-order chi connectivity index (χ0) is 14.5. The van der Waals surface area contributed by atoms with Gasteiger partial charge in [-0.25, -0.2) is 9.18 Å². The van der Waals surface area contributed by atoms with Crippen molar-refractivity contribution < 1.29 is 29.0 Å². The van der Waals surface area contributed by atoms with Crippen LogP contribution in [0.15, 0.2) is 0 Å². The number of nitrogens with two attached hydrogens (primary N) is 1. The average Bonchev–Trinajstić information content (AvgIpc) is 2.96. The van der Waals surface area contributed by atoms with Gasteiger partial charge in [-0.1, -0.05) is 0 Å². The van der Waals surface area contributed by atoms with Gasteiger partial charge >= 0.3 is 11.9 Å². The van der Waals surface area contributed by atoms with Gasteiger partial charge in [0, 0.05) is 18.3 Å². The smallest absolute Gasteiger partial charge is 0.329 e. The summed E-state index contributed by atoms with van der Waals surface area (Å²) in [6.45, 7) is 1.37. The molecule has 2 fully saturated rings. The summed E-state index contributed by atoms with van der Waals surface area (Å²) in [5.41, 5.74) is 3.48. The average molecular weight is 311 g/mol. The third kappa shape index (κ3) is 2.22. The van der Waals surface area contributed by atoms with E-state index in [2.05, 4.69) is 5.32 Å². The number of hydrogen-bond acceptors (Lipinski definition) is 4. The lowest BCUT2D eigenvalue weighted by Crippen LogP contribution is -2.59. The normalized spacial score (nSPS) is 39.1. The summed E-state index contributed by atoms with van der Waals surface area (Å²) in [5, 5.41) is 20.5. The number of halogens is 2. The Morgan fingerprint density at radius 2 is 1.95 bits per heavy atom. The second-order valence-corrected chi connectivity index (χ2v) is 5.24. The van der Waals surface area contributed by atoms with Gasteiger partial charge in [0.05, 0.1) is 12.0 Å². The van der Waals surface area contributed by atoms with E-state index >= 15 is 0 Å². The predicted octanol–water partition coefficient (Wildman–Crippen LogP) is -0.616. The minimum atomic E-state index is -1.86. The Morgan fingerprint density at radius 1 is 1.40 bits per heavy atom. The van der Waals surface area contributed by atoms with E-state index in [0.717, 1.165) is 0 Å². The van der Waals surface area contributed by atoms with Crippen LogP contribution in [0, 0.1) is 17.8 Å². The Kier molecular flexibility index (Phi) is 4.31. The highest BCUT2D eigenvalue weighted by Crippen LogP contribution is 2.63. The van der Waals surface area contributed by atoms with Gasteiger partial charge in [0.2, 0.25) is 5.91 Å². The maximum absolute atomic E-state index is 13.8. The van der Waals surface area contributed by atoms with Gasteiger partial charge in [0.25, 0.3) is 0 Å². The quantitative estimate of drug-likeness (QED) is 0.548. The van der Waals surface area contributed by atoms with Gasteiger partial charge in [-0.05, 0) is 6.92 Å². The molecular weight excluding hydrogens is 295 g/mol.